The first-order chi connectivity index (χ1) is 14.9. The van der Waals surface area contributed by atoms with Crippen LogP contribution in [0.4, 0.5) is 0 Å². The zero-order valence-corrected chi connectivity index (χ0v) is 18.6. The maximum absolute atomic E-state index is 12.7. The summed E-state index contributed by atoms with van der Waals surface area (Å²) >= 11 is 1.65. The first kappa shape index (κ1) is 21.5. The van der Waals surface area contributed by atoms with E-state index in [9.17, 15) is 19.2 Å². The lowest BCUT2D eigenvalue weighted by atomic mass is 9.81. The molecule has 0 unspecified atom stereocenters. The van der Waals surface area contributed by atoms with Crippen molar-refractivity contribution in [1.29, 1.82) is 0 Å². The third-order valence-corrected chi connectivity index (χ3v) is 7.21. The Morgan fingerprint density at radius 2 is 1.81 bits per heavy atom. The highest BCUT2D eigenvalue weighted by Crippen LogP contribution is 2.37. The SMILES string of the molecule is Cc1cc(C(=O)COC(=O)CN2C(=O)[C@H]3CCCC[C@H]3C2=O)c(C)n1Cc1cccs1. The highest BCUT2D eigenvalue weighted by atomic mass is 32.1. The van der Waals surface area contributed by atoms with Gasteiger partial charge in [-0.15, -0.1) is 11.3 Å². The summed E-state index contributed by atoms with van der Waals surface area (Å²) in [5, 5.41) is 2.01. The second kappa shape index (κ2) is 8.78. The number of aromatic nitrogens is 1. The number of esters is 1. The molecule has 2 aromatic rings. The summed E-state index contributed by atoms with van der Waals surface area (Å²) in [4.78, 5) is 52.1. The van der Waals surface area contributed by atoms with Gasteiger partial charge >= 0.3 is 5.97 Å². The Morgan fingerprint density at radius 3 is 2.42 bits per heavy atom. The number of ether oxygens (including phenoxy) is 1. The van der Waals surface area contributed by atoms with Crippen molar-refractivity contribution in [3.05, 3.63) is 45.4 Å². The van der Waals surface area contributed by atoms with E-state index in [1.165, 1.54) is 4.88 Å². The van der Waals surface area contributed by atoms with Crippen molar-refractivity contribution in [3.8, 4) is 0 Å². The minimum atomic E-state index is -0.735. The van der Waals surface area contributed by atoms with Gasteiger partial charge in [-0.1, -0.05) is 18.9 Å². The van der Waals surface area contributed by atoms with Crippen LogP contribution in [-0.4, -0.2) is 46.2 Å². The minimum absolute atomic E-state index is 0.282. The summed E-state index contributed by atoms with van der Waals surface area (Å²) < 4.78 is 7.20. The van der Waals surface area contributed by atoms with Crippen LogP contribution in [0.25, 0.3) is 0 Å². The Labute approximate surface area is 185 Å². The number of hydrogen-bond donors (Lipinski definition) is 0. The summed E-state index contributed by atoms with van der Waals surface area (Å²) in [6.07, 6.45) is 3.25. The molecular weight excluding hydrogens is 416 g/mol. The van der Waals surface area contributed by atoms with Gasteiger partial charge in [0, 0.05) is 21.8 Å². The quantitative estimate of drug-likeness (QED) is 0.374. The molecule has 8 heteroatoms. The molecule has 1 aliphatic carbocycles. The van der Waals surface area contributed by atoms with Gasteiger partial charge in [0.05, 0.1) is 18.4 Å². The predicted octanol–water partition coefficient (Wildman–Crippen LogP) is 3.12. The minimum Gasteiger partial charge on any atom is -0.456 e. The first-order valence-electron chi connectivity index (χ1n) is 10.6. The van der Waals surface area contributed by atoms with Gasteiger partial charge in [-0.25, -0.2) is 0 Å². The Kier molecular flexibility index (Phi) is 6.09. The van der Waals surface area contributed by atoms with E-state index >= 15 is 0 Å². The number of carbonyl (C=O) groups excluding carboxylic acids is 4. The molecule has 1 aliphatic heterocycles. The summed E-state index contributed by atoms with van der Waals surface area (Å²) in [6, 6.07) is 5.84. The molecule has 2 aliphatic rings. The van der Waals surface area contributed by atoms with E-state index in [-0.39, 0.29) is 29.4 Å². The van der Waals surface area contributed by atoms with E-state index in [0.717, 1.165) is 29.1 Å². The van der Waals surface area contributed by atoms with Crippen LogP contribution < -0.4 is 0 Å². The molecule has 4 rings (SSSR count). The number of amides is 2. The number of fused-ring (bicyclic) bond motifs is 1. The van der Waals surface area contributed by atoms with Crippen molar-refractivity contribution >= 4 is 34.9 Å². The van der Waals surface area contributed by atoms with E-state index in [1.54, 1.807) is 17.4 Å². The van der Waals surface area contributed by atoms with E-state index in [1.807, 2.05) is 31.4 Å². The molecule has 2 atom stereocenters. The van der Waals surface area contributed by atoms with Crippen molar-refractivity contribution in [1.82, 2.24) is 9.47 Å². The molecule has 0 N–H and O–H groups in total. The topological polar surface area (TPSA) is 85.7 Å². The van der Waals surface area contributed by atoms with Gasteiger partial charge in [-0.2, -0.15) is 0 Å². The smallest absolute Gasteiger partial charge is 0.326 e. The number of aryl methyl sites for hydroxylation is 1. The number of likely N-dealkylation sites (tertiary alicyclic amines) is 1. The summed E-state index contributed by atoms with van der Waals surface area (Å²) in [5.74, 6) is -2.20. The van der Waals surface area contributed by atoms with Gasteiger partial charge in [0.25, 0.3) is 0 Å². The Balaban J connectivity index is 1.35. The second-order valence-electron chi connectivity index (χ2n) is 8.29. The molecule has 2 aromatic heterocycles. The van der Waals surface area contributed by atoms with Crippen molar-refractivity contribution in [2.24, 2.45) is 11.8 Å². The Morgan fingerprint density at radius 1 is 1.13 bits per heavy atom. The molecule has 7 nitrogen and oxygen atoms in total. The van der Waals surface area contributed by atoms with Crippen LogP contribution in [0.3, 0.4) is 0 Å². The Bertz CT molecular complexity index is 999. The fourth-order valence-corrected chi connectivity index (χ4v) is 5.36. The molecule has 2 amide bonds. The largest absolute Gasteiger partial charge is 0.456 e. The van der Waals surface area contributed by atoms with Gasteiger partial charge in [0.1, 0.15) is 6.54 Å². The monoisotopic (exact) mass is 442 g/mol. The van der Waals surface area contributed by atoms with Gasteiger partial charge in [0.15, 0.2) is 6.61 Å². The number of thiophene rings is 1. The van der Waals surface area contributed by atoms with Crippen molar-refractivity contribution < 1.29 is 23.9 Å². The van der Waals surface area contributed by atoms with Crippen LogP contribution in [0.2, 0.25) is 0 Å². The highest BCUT2D eigenvalue weighted by Gasteiger charge is 2.48. The zero-order valence-electron chi connectivity index (χ0n) is 17.8. The van der Waals surface area contributed by atoms with E-state index in [2.05, 4.69) is 4.57 Å². The fraction of sp³-hybridized carbons (Fsp3) is 0.478. The maximum Gasteiger partial charge on any atom is 0.326 e. The highest BCUT2D eigenvalue weighted by molar-refractivity contribution is 7.09. The fourth-order valence-electron chi connectivity index (χ4n) is 4.67. The molecule has 31 heavy (non-hydrogen) atoms. The Hall–Kier alpha value is -2.74. The lowest BCUT2D eigenvalue weighted by Crippen LogP contribution is -2.37. The van der Waals surface area contributed by atoms with Crippen LogP contribution >= 0.6 is 11.3 Å². The number of carbonyl (C=O) groups is 4. The third kappa shape index (κ3) is 4.21. The van der Waals surface area contributed by atoms with Crippen molar-refractivity contribution in [3.63, 3.8) is 0 Å². The molecule has 2 fully saturated rings. The number of hydrogen-bond acceptors (Lipinski definition) is 6. The van der Waals surface area contributed by atoms with Crippen LogP contribution in [0, 0.1) is 25.7 Å². The average molecular weight is 443 g/mol. The van der Waals surface area contributed by atoms with Gasteiger partial charge in [-0.05, 0) is 44.2 Å². The molecule has 164 valence electrons. The number of nitrogens with zero attached hydrogens (tertiary/aromatic N) is 2. The number of imide groups is 1. The summed E-state index contributed by atoms with van der Waals surface area (Å²) in [7, 11) is 0. The zero-order chi connectivity index (χ0) is 22.1. The summed E-state index contributed by atoms with van der Waals surface area (Å²) in [5.41, 5.74) is 2.29. The normalized spacial score (nSPS) is 20.8. The lowest BCUT2D eigenvalue weighted by molar-refractivity contribution is -0.152. The molecule has 1 saturated carbocycles. The predicted molar refractivity (Wildman–Crippen MR) is 115 cm³/mol. The van der Waals surface area contributed by atoms with Gasteiger partial charge in [0.2, 0.25) is 17.6 Å². The standard InChI is InChI=1S/C23H26N2O5S/c1-14-10-19(15(2)24(14)11-16-6-5-9-31-16)20(26)13-30-21(27)12-25-22(28)17-7-3-4-8-18(17)23(25)29/h5-6,9-10,17-18H,3-4,7-8,11-13H2,1-2H3/t17-,18+. The van der Waals surface area contributed by atoms with Gasteiger partial charge in [-0.3, -0.25) is 24.1 Å². The van der Waals surface area contributed by atoms with Crippen LogP contribution in [0.1, 0.15) is 52.3 Å². The number of rotatable bonds is 7. The first-order valence-corrected chi connectivity index (χ1v) is 11.5. The van der Waals surface area contributed by atoms with Crippen molar-refractivity contribution in [2.75, 3.05) is 13.2 Å². The second-order valence-corrected chi connectivity index (χ2v) is 9.33. The number of Topliss-reactive ketones (excluding diaryl/α,β-unsaturated/α-hetero) is 1. The van der Waals surface area contributed by atoms with E-state index < -0.39 is 19.1 Å². The average Bonchev–Trinajstić information content (AvgIpc) is 3.44. The van der Waals surface area contributed by atoms with E-state index in [4.69, 9.17) is 4.74 Å². The van der Waals surface area contributed by atoms with Gasteiger partial charge < -0.3 is 9.30 Å². The molecule has 1 saturated heterocycles. The summed E-state index contributed by atoms with van der Waals surface area (Å²) in [6.45, 7) is 3.66. The van der Waals surface area contributed by atoms with Crippen molar-refractivity contribution in [2.45, 2.75) is 46.1 Å². The molecule has 0 radical (unpaired) electrons. The third-order valence-electron chi connectivity index (χ3n) is 6.35. The maximum atomic E-state index is 12.7. The molecule has 3 heterocycles. The molecular formula is C23H26N2O5S. The van der Waals surface area contributed by atoms with Crippen LogP contribution in [0.5, 0.6) is 0 Å². The number of ketones is 1. The van der Waals surface area contributed by atoms with Crippen LogP contribution in [0.15, 0.2) is 23.6 Å². The van der Waals surface area contributed by atoms with E-state index in [0.29, 0.717) is 24.9 Å². The molecule has 0 aromatic carbocycles. The molecule has 0 spiro atoms. The lowest BCUT2D eigenvalue weighted by Gasteiger charge is -2.19. The van der Waals surface area contributed by atoms with Crippen LogP contribution in [-0.2, 0) is 25.7 Å². The molecule has 0 bridgehead atoms.